The van der Waals surface area contributed by atoms with Crippen LogP contribution in [0.3, 0.4) is 0 Å². The molecule has 1 aliphatic heterocycles. The molecule has 0 saturated carbocycles. The maximum Gasteiger partial charge on any atom is 0.244 e. The SMILES string of the molecule is CCC(C(=O)NCCOc1ccc(S(=O)(=O)N2CCCCC2)cc1)N(c1ccccc1F)S(C)(=O)=O. The van der Waals surface area contributed by atoms with Gasteiger partial charge in [-0.25, -0.2) is 21.2 Å². The van der Waals surface area contributed by atoms with Crippen LogP contribution in [-0.4, -0.2) is 65.6 Å². The standard InChI is InChI=1S/C24H32FN3O6S2/c1-3-22(28(35(2,30)31)23-10-6-5-9-21(23)25)24(29)26-15-18-34-19-11-13-20(14-12-19)36(32,33)27-16-7-4-8-17-27/h5-6,9-14,22H,3-4,7-8,15-18H2,1-2H3,(H,26,29). The van der Waals surface area contributed by atoms with Gasteiger partial charge in [-0.3, -0.25) is 9.10 Å². The van der Waals surface area contributed by atoms with Gasteiger partial charge in [-0.2, -0.15) is 4.31 Å². The summed E-state index contributed by atoms with van der Waals surface area (Å²) < 4.78 is 72.5. The quantitative estimate of drug-likeness (QED) is 0.438. The highest BCUT2D eigenvalue weighted by Crippen LogP contribution is 2.26. The molecule has 3 rings (SSSR count). The van der Waals surface area contributed by atoms with Crippen LogP contribution in [0.1, 0.15) is 32.6 Å². The van der Waals surface area contributed by atoms with Gasteiger partial charge in [0.15, 0.2) is 0 Å². The average molecular weight is 542 g/mol. The molecule has 36 heavy (non-hydrogen) atoms. The first-order chi connectivity index (χ1) is 17.1. The maximum absolute atomic E-state index is 14.3. The van der Waals surface area contributed by atoms with E-state index in [2.05, 4.69) is 5.32 Å². The van der Waals surface area contributed by atoms with Gasteiger partial charge in [-0.1, -0.05) is 25.5 Å². The third-order valence-electron chi connectivity index (χ3n) is 5.87. The van der Waals surface area contributed by atoms with E-state index < -0.39 is 37.8 Å². The van der Waals surface area contributed by atoms with Gasteiger partial charge in [0, 0.05) is 13.1 Å². The summed E-state index contributed by atoms with van der Waals surface area (Å²) in [7, 11) is -7.48. The van der Waals surface area contributed by atoms with Crippen molar-refractivity contribution in [1.82, 2.24) is 9.62 Å². The molecule has 0 bridgehead atoms. The monoisotopic (exact) mass is 541 g/mol. The van der Waals surface area contributed by atoms with Gasteiger partial charge in [-0.05, 0) is 55.7 Å². The summed E-state index contributed by atoms with van der Waals surface area (Å²) in [6.07, 6.45) is 3.79. The van der Waals surface area contributed by atoms with Crippen LogP contribution in [-0.2, 0) is 24.8 Å². The lowest BCUT2D eigenvalue weighted by Crippen LogP contribution is -2.50. The highest BCUT2D eigenvalue weighted by atomic mass is 32.2. The fourth-order valence-corrected chi connectivity index (χ4v) is 6.82. The van der Waals surface area contributed by atoms with Gasteiger partial charge < -0.3 is 10.1 Å². The predicted molar refractivity (Wildman–Crippen MR) is 135 cm³/mol. The van der Waals surface area contributed by atoms with E-state index in [4.69, 9.17) is 4.74 Å². The van der Waals surface area contributed by atoms with E-state index in [9.17, 15) is 26.0 Å². The molecule has 12 heteroatoms. The zero-order valence-electron chi connectivity index (χ0n) is 20.4. The van der Waals surface area contributed by atoms with E-state index in [1.165, 1.54) is 34.6 Å². The van der Waals surface area contributed by atoms with E-state index in [0.717, 1.165) is 35.9 Å². The molecule has 0 radical (unpaired) electrons. The van der Waals surface area contributed by atoms with Crippen molar-refractivity contribution in [2.45, 2.75) is 43.5 Å². The van der Waals surface area contributed by atoms with Gasteiger partial charge in [0.25, 0.3) is 0 Å². The highest BCUT2D eigenvalue weighted by Gasteiger charge is 2.33. The molecule has 0 aliphatic carbocycles. The summed E-state index contributed by atoms with van der Waals surface area (Å²) in [6, 6.07) is 10.3. The zero-order chi connectivity index (χ0) is 26.3. The first-order valence-corrected chi connectivity index (χ1v) is 15.1. The number of nitrogens with one attached hydrogen (secondary N) is 1. The van der Waals surface area contributed by atoms with Gasteiger partial charge in [-0.15, -0.1) is 0 Å². The number of ether oxygens (including phenoxy) is 1. The third-order valence-corrected chi connectivity index (χ3v) is 8.94. The first kappa shape index (κ1) is 27.9. The summed E-state index contributed by atoms with van der Waals surface area (Å²) in [5, 5.41) is 2.63. The molecule has 1 heterocycles. The van der Waals surface area contributed by atoms with Crippen LogP contribution in [0, 0.1) is 5.82 Å². The lowest BCUT2D eigenvalue weighted by Gasteiger charge is -2.30. The summed E-state index contributed by atoms with van der Waals surface area (Å²) >= 11 is 0. The normalized spacial score (nSPS) is 15.8. The largest absolute Gasteiger partial charge is 0.492 e. The Kier molecular flexibility index (Phi) is 9.31. The Labute approximate surface area is 212 Å². The van der Waals surface area contributed by atoms with Crippen LogP contribution in [0.25, 0.3) is 0 Å². The molecule has 198 valence electrons. The number of nitrogens with zero attached hydrogens (tertiary/aromatic N) is 2. The fraction of sp³-hybridized carbons (Fsp3) is 0.458. The van der Waals surface area contributed by atoms with E-state index in [1.54, 1.807) is 19.1 Å². The van der Waals surface area contributed by atoms with Crippen LogP contribution in [0.15, 0.2) is 53.4 Å². The summed E-state index contributed by atoms with van der Waals surface area (Å²) in [4.78, 5) is 13.0. The second kappa shape index (κ2) is 12.0. The van der Waals surface area contributed by atoms with Crippen molar-refractivity contribution in [2.24, 2.45) is 0 Å². The van der Waals surface area contributed by atoms with E-state index in [0.29, 0.717) is 18.8 Å². The number of benzene rings is 2. The van der Waals surface area contributed by atoms with Crippen molar-refractivity contribution in [2.75, 3.05) is 36.8 Å². The minimum Gasteiger partial charge on any atom is -0.492 e. The van der Waals surface area contributed by atoms with Crippen molar-refractivity contribution < 1.29 is 30.8 Å². The zero-order valence-corrected chi connectivity index (χ0v) is 22.0. The number of hydrogen-bond donors (Lipinski definition) is 1. The lowest BCUT2D eigenvalue weighted by atomic mass is 10.2. The molecule has 1 N–H and O–H groups in total. The molecule has 2 aromatic rings. The molecular weight excluding hydrogens is 509 g/mol. The molecule has 9 nitrogen and oxygen atoms in total. The fourth-order valence-electron chi connectivity index (χ4n) is 4.09. The third kappa shape index (κ3) is 6.74. The van der Waals surface area contributed by atoms with Crippen molar-refractivity contribution >= 4 is 31.6 Å². The Morgan fingerprint density at radius 2 is 1.69 bits per heavy atom. The number of carbonyl (C=O) groups excluding carboxylic acids is 1. The van der Waals surface area contributed by atoms with Gasteiger partial charge in [0.2, 0.25) is 26.0 Å². The minimum atomic E-state index is -3.95. The average Bonchev–Trinajstić information content (AvgIpc) is 2.85. The van der Waals surface area contributed by atoms with Crippen LogP contribution in [0.2, 0.25) is 0 Å². The second-order valence-electron chi connectivity index (χ2n) is 8.51. The molecule has 1 unspecified atom stereocenters. The molecule has 1 atom stereocenters. The predicted octanol–water partition coefficient (Wildman–Crippen LogP) is 2.74. The number of sulfonamides is 2. The molecule has 2 aromatic carbocycles. The number of carbonyl (C=O) groups is 1. The van der Waals surface area contributed by atoms with Crippen molar-refractivity contribution in [1.29, 1.82) is 0 Å². The van der Waals surface area contributed by atoms with Gasteiger partial charge in [0.1, 0.15) is 24.2 Å². The summed E-state index contributed by atoms with van der Waals surface area (Å²) in [5.41, 5.74) is -0.196. The Hall–Kier alpha value is -2.70. The van der Waals surface area contributed by atoms with Crippen LogP contribution in [0.4, 0.5) is 10.1 Å². The van der Waals surface area contributed by atoms with Crippen LogP contribution >= 0.6 is 0 Å². The molecule has 1 amide bonds. The first-order valence-electron chi connectivity index (χ1n) is 11.8. The lowest BCUT2D eigenvalue weighted by molar-refractivity contribution is -0.122. The molecule has 1 saturated heterocycles. The number of anilines is 1. The minimum absolute atomic E-state index is 0.0675. The van der Waals surface area contributed by atoms with Gasteiger partial charge in [0.05, 0.1) is 23.4 Å². The van der Waals surface area contributed by atoms with E-state index in [-0.39, 0.29) is 30.2 Å². The second-order valence-corrected chi connectivity index (χ2v) is 12.3. The summed E-state index contributed by atoms with van der Waals surface area (Å²) in [6.45, 7) is 2.82. The number of halogens is 1. The number of amides is 1. The van der Waals surface area contributed by atoms with E-state index >= 15 is 0 Å². The Morgan fingerprint density at radius 3 is 2.28 bits per heavy atom. The number of hydrogen-bond acceptors (Lipinski definition) is 6. The van der Waals surface area contributed by atoms with E-state index in [1.807, 2.05) is 0 Å². The smallest absolute Gasteiger partial charge is 0.244 e. The molecular formula is C24H32FN3O6S2. The number of para-hydroxylation sites is 1. The molecule has 0 spiro atoms. The molecule has 1 fully saturated rings. The van der Waals surface area contributed by atoms with Crippen molar-refractivity contribution in [3.8, 4) is 5.75 Å². The van der Waals surface area contributed by atoms with Crippen molar-refractivity contribution in [3.63, 3.8) is 0 Å². The van der Waals surface area contributed by atoms with Crippen LogP contribution in [0.5, 0.6) is 5.75 Å². The maximum atomic E-state index is 14.3. The van der Waals surface area contributed by atoms with Crippen LogP contribution < -0.4 is 14.4 Å². The molecule has 1 aliphatic rings. The Balaban J connectivity index is 1.58. The highest BCUT2D eigenvalue weighted by molar-refractivity contribution is 7.92. The number of piperidine rings is 1. The summed E-state index contributed by atoms with van der Waals surface area (Å²) in [5.74, 6) is -0.904. The Bertz CT molecular complexity index is 1250. The topological polar surface area (TPSA) is 113 Å². The number of rotatable bonds is 11. The van der Waals surface area contributed by atoms with Crippen molar-refractivity contribution in [3.05, 3.63) is 54.3 Å². The molecule has 0 aromatic heterocycles. The Morgan fingerprint density at radius 1 is 1.06 bits per heavy atom. The van der Waals surface area contributed by atoms with Gasteiger partial charge >= 0.3 is 0 Å².